The van der Waals surface area contributed by atoms with Crippen LogP contribution in [-0.4, -0.2) is 23.0 Å². The Morgan fingerprint density at radius 3 is 2.67 bits per heavy atom. The lowest BCUT2D eigenvalue weighted by Crippen LogP contribution is -2.10. The minimum atomic E-state index is -0.387. The number of nitrogens with one attached hydrogen (secondary N) is 1. The van der Waals surface area contributed by atoms with Crippen LogP contribution in [0.15, 0.2) is 24.3 Å². The molecule has 0 saturated heterocycles. The number of carbonyl (C=O) groups excluding carboxylic acids is 1. The fourth-order valence-electron chi connectivity index (χ4n) is 2.82. The molecule has 1 aromatic carbocycles. The maximum atomic E-state index is 12.0. The van der Waals surface area contributed by atoms with Gasteiger partial charge in [0.15, 0.2) is 5.69 Å². The molecule has 0 spiro atoms. The van der Waals surface area contributed by atoms with Crippen LogP contribution in [0.3, 0.4) is 0 Å². The molecule has 2 aromatic heterocycles. The number of nitrogens with zero attached hydrogens (tertiary/aromatic N) is 1. The molecule has 0 aliphatic carbocycles. The van der Waals surface area contributed by atoms with Gasteiger partial charge in [0, 0.05) is 16.3 Å². The van der Waals surface area contributed by atoms with Gasteiger partial charge < -0.3 is 9.72 Å². The first-order chi connectivity index (χ1) is 10.0. The van der Waals surface area contributed by atoms with Gasteiger partial charge in [0.2, 0.25) is 0 Å². The summed E-state index contributed by atoms with van der Waals surface area (Å²) in [5.74, 6) is -0.175. The average Bonchev–Trinajstić information content (AvgIpc) is 2.86. The van der Waals surface area contributed by atoms with E-state index in [0.29, 0.717) is 5.69 Å². The number of para-hydroxylation sites is 1. The van der Waals surface area contributed by atoms with Crippen molar-refractivity contribution in [2.24, 2.45) is 0 Å². The van der Waals surface area contributed by atoms with Gasteiger partial charge >= 0.3 is 5.97 Å². The Balaban J connectivity index is 2.50. The van der Waals surface area contributed by atoms with E-state index in [9.17, 15) is 4.79 Å². The topological polar surface area (TPSA) is 55.0 Å². The first-order valence-electron chi connectivity index (χ1n) is 7.03. The standard InChI is InChI=1S/C17H18N2O2/c1-9(2)14-16-13(10(3)15(19-14)17(20)21-4)11-7-5-6-8-12(11)18-16/h5-9,18H,1-4H3. The summed E-state index contributed by atoms with van der Waals surface area (Å²) in [6.45, 7) is 6.07. The zero-order valence-electron chi connectivity index (χ0n) is 12.7. The molecule has 0 aliphatic rings. The summed E-state index contributed by atoms with van der Waals surface area (Å²) in [5, 5.41) is 2.17. The molecule has 0 amide bonds. The number of carbonyl (C=O) groups is 1. The molecule has 4 heteroatoms. The maximum absolute atomic E-state index is 12.0. The number of esters is 1. The predicted molar refractivity (Wildman–Crippen MR) is 83.8 cm³/mol. The Labute approximate surface area is 123 Å². The second-order valence-electron chi connectivity index (χ2n) is 5.54. The summed E-state index contributed by atoms with van der Waals surface area (Å²) in [6, 6.07) is 8.10. The number of fused-ring (bicyclic) bond motifs is 3. The van der Waals surface area contributed by atoms with Crippen molar-refractivity contribution in [3.05, 3.63) is 41.2 Å². The number of ether oxygens (including phenoxy) is 1. The van der Waals surface area contributed by atoms with Crippen molar-refractivity contribution < 1.29 is 9.53 Å². The number of pyridine rings is 1. The number of aromatic amines is 1. The Hall–Kier alpha value is -2.36. The molecule has 21 heavy (non-hydrogen) atoms. The second kappa shape index (κ2) is 4.88. The molecule has 0 aliphatic heterocycles. The van der Waals surface area contributed by atoms with Crippen LogP contribution in [0.4, 0.5) is 0 Å². The average molecular weight is 282 g/mol. The number of methoxy groups -OCH3 is 1. The lowest BCUT2D eigenvalue weighted by atomic mass is 10.0. The molecule has 0 atom stereocenters. The van der Waals surface area contributed by atoms with E-state index in [-0.39, 0.29) is 11.9 Å². The third kappa shape index (κ3) is 1.98. The molecular weight excluding hydrogens is 264 g/mol. The van der Waals surface area contributed by atoms with Gasteiger partial charge in [-0.3, -0.25) is 0 Å². The largest absolute Gasteiger partial charge is 0.464 e. The van der Waals surface area contributed by atoms with Crippen LogP contribution in [0.2, 0.25) is 0 Å². The highest BCUT2D eigenvalue weighted by atomic mass is 16.5. The minimum Gasteiger partial charge on any atom is -0.464 e. The van der Waals surface area contributed by atoms with Crippen molar-refractivity contribution in [1.82, 2.24) is 9.97 Å². The summed E-state index contributed by atoms with van der Waals surface area (Å²) in [5.41, 5.74) is 4.22. The molecule has 2 heterocycles. The van der Waals surface area contributed by atoms with E-state index >= 15 is 0 Å². The van der Waals surface area contributed by atoms with Crippen molar-refractivity contribution in [3.8, 4) is 0 Å². The molecule has 0 fully saturated rings. The summed E-state index contributed by atoms with van der Waals surface area (Å²) in [7, 11) is 1.39. The number of benzene rings is 1. The van der Waals surface area contributed by atoms with E-state index in [1.807, 2.05) is 25.1 Å². The lowest BCUT2D eigenvalue weighted by molar-refractivity contribution is 0.0593. The molecular formula is C17H18N2O2. The third-order valence-electron chi connectivity index (χ3n) is 3.85. The monoisotopic (exact) mass is 282 g/mol. The zero-order chi connectivity index (χ0) is 15.1. The van der Waals surface area contributed by atoms with Crippen molar-refractivity contribution in [3.63, 3.8) is 0 Å². The van der Waals surface area contributed by atoms with Crippen molar-refractivity contribution in [2.45, 2.75) is 26.7 Å². The number of hydrogen-bond acceptors (Lipinski definition) is 3. The van der Waals surface area contributed by atoms with E-state index in [0.717, 1.165) is 33.1 Å². The van der Waals surface area contributed by atoms with Gasteiger partial charge in [0.25, 0.3) is 0 Å². The fraction of sp³-hybridized carbons (Fsp3) is 0.294. The molecule has 0 saturated carbocycles. The van der Waals surface area contributed by atoms with Gasteiger partial charge in [0.05, 0.1) is 18.3 Å². The van der Waals surface area contributed by atoms with E-state index in [4.69, 9.17) is 4.74 Å². The first-order valence-corrected chi connectivity index (χ1v) is 7.03. The summed E-state index contributed by atoms with van der Waals surface area (Å²) in [6.07, 6.45) is 0. The summed E-state index contributed by atoms with van der Waals surface area (Å²) >= 11 is 0. The quantitative estimate of drug-likeness (QED) is 0.724. The minimum absolute atomic E-state index is 0.213. The number of aromatic nitrogens is 2. The highest BCUT2D eigenvalue weighted by Crippen LogP contribution is 2.33. The van der Waals surface area contributed by atoms with Gasteiger partial charge in [0.1, 0.15) is 0 Å². The lowest BCUT2D eigenvalue weighted by Gasteiger charge is -2.11. The molecule has 3 rings (SSSR count). The van der Waals surface area contributed by atoms with Gasteiger partial charge in [-0.2, -0.15) is 0 Å². The Kier molecular flexibility index (Phi) is 3.16. The normalized spacial score (nSPS) is 11.5. The van der Waals surface area contributed by atoms with E-state index in [1.54, 1.807) is 0 Å². The van der Waals surface area contributed by atoms with E-state index in [2.05, 4.69) is 29.9 Å². The van der Waals surface area contributed by atoms with Gasteiger partial charge in [-0.25, -0.2) is 9.78 Å². The van der Waals surface area contributed by atoms with Crippen LogP contribution < -0.4 is 0 Å². The van der Waals surface area contributed by atoms with Gasteiger partial charge in [-0.05, 0) is 24.5 Å². The Morgan fingerprint density at radius 2 is 2.00 bits per heavy atom. The maximum Gasteiger partial charge on any atom is 0.356 e. The molecule has 0 radical (unpaired) electrons. The second-order valence-corrected chi connectivity index (χ2v) is 5.54. The van der Waals surface area contributed by atoms with Crippen molar-refractivity contribution in [2.75, 3.05) is 7.11 Å². The van der Waals surface area contributed by atoms with Crippen molar-refractivity contribution in [1.29, 1.82) is 0 Å². The Bertz CT molecular complexity index is 847. The highest BCUT2D eigenvalue weighted by molar-refractivity contribution is 6.11. The molecule has 0 unspecified atom stereocenters. The van der Waals surface area contributed by atoms with Gasteiger partial charge in [-0.1, -0.05) is 32.0 Å². The van der Waals surface area contributed by atoms with Gasteiger partial charge in [-0.15, -0.1) is 0 Å². The van der Waals surface area contributed by atoms with Crippen LogP contribution in [-0.2, 0) is 4.74 Å². The van der Waals surface area contributed by atoms with Crippen LogP contribution in [0.25, 0.3) is 21.8 Å². The Morgan fingerprint density at radius 1 is 1.29 bits per heavy atom. The van der Waals surface area contributed by atoms with Crippen molar-refractivity contribution >= 4 is 27.8 Å². The van der Waals surface area contributed by atoms with Crippen LogP contribution >= 0.6 is 0 Å². The summed E-state index contributed by atoms with van der Waals surface area (Å²) < 4.78 is 4.88. The SMILES string of the molecule is COC(=O)c1nc(C(C)C)c2[nH]c3ccccc3c2c1C. The third-order valence-corrected chi connectivity index (χ3v) is 3.85. The highest BCUT2D eigenvalue weighted by Gasteiger charge is 2.21. The van der Waals surface area contributed by atoms with E-state index < -0.39 is 0 Å². The number of rotatable bonds is 2. The van der Waals surface area contributed by atoms with Crippen LogP contribution in [0.1, 0.15) is 41.5 Å². The van der Waals surface area contributed by atoms with Crippen LogP contribution in [0.5, 0.6) is 0 Å². The molecule has 3 aromatic rings. The number of hydrogen-bond donors (Lipinski definition) is 1. The smallest absolute Gasteiger partial charge is 0.356 e. The fourth-order valence-corrected chi connectivity index (χ4v) is 2.82. The number of aryl methyl sites for hydroxylation is 1. The predicted octanol–water partition coefficient (Wildman–Crippen LogP) is 3.93. The molecule has 1 N–H and O–H groups in total. The number of H-pyrrole nitrogens is 1. The zero-order valence-corrected chi connectivity index (χ0v) is 12.7. The molecule has 0 bridgehead atoms. The first kappa shape index (κ1) is 13.6. The van der Waals surface area contributed by atoms with Crippen LogP contribution in [0, 0.1) is 6.92 Å². The van der Waals surface area contributed by atoms with E-state index in [1.165, 1.54) is 7.11 Å². The summed E-state index contributed by atoms with van der Waals surface area (Å²) in [4.78, 5) is 20.0. The molecule has 108 valence electrons. The molecule has 4 nitrogen and oxygen atoms in total.